The second-order valence-electron chi connectivity index (χ2n) is 5.43. The van der Waals surface area contributed by atoms with E-state index in [9.17, 15) is 4.79 Å². The Labute approximate surface area is 124 Å². The van der Waals surface area contributed by atoms with Crippen LogP contribution in [0.5, 0.6) is 0 Å². The first-order valence-electron chi connectivity index (χ1n) is 6.82. The molecule has 3 rings (SSSR count). The second kappa shape index (κ2) is 5.85. The number of rotatable bonds is 3. The highest BCUT2D eigenvalue weighted by Gasteiger charge is 2.39. The number of carbonyl (C=O) groups excluding carboxylic acids is 1. The van der Waals surface area contributed by atoms with Crippen molar-refractivity contribution in [2.75, 3.05) is 11.9 Å². The van der Waals surface area contributed by atoms with Crippen molar-refractivity contribution in [3.8, 4) is 0 Å². The number of hydrogen-bond donors (Lipinski definition) is 3. The van der Waals surface area contributed by atoms with E-state index in [1.54, 1.807) is 0 Å². The number of hydrogen-bond acceptors (Lipinski definition) is 2. The number of H-pyrrole nitrogens is 1. The van der Waals surface area contributed by atoms with Crippen LogP contribution in [0.25, 0.3) is 10.9 Å². The number of nitrogens with two attached hydrogens (primary N) is 1. The molecule has 108 valence electrons. The maximum Gasteiger partial charge on any atom is 0.231 e. The zero-order chi connectivity index (χ0) is 13.3. The van der Waals surface area contributed by atoms with Gasteiger partial charge in [0.15, 0.2) is 0 Å². The first-order chi connectivity index (χ1) is 9.23. The minimum absolute atomic E-state index is 0. The van der Waals surface area contributed by atoms with E-state index in [1.165, 1.54) is 0 Å². The molecule has 1 heterocycles. The fourth-order valence-corrected chi connectivity index (χ4v) is 2.97. The Kier molecular flexibility index (Phi) is 4.35. The summed E-state index contributed by atoms with van der Waals surface area (Å²) >= 11 is 0. The average molecular weight is 294 g/mol. The molecule has 4 N–H and O–H groups in total. The second-order valence-corrected chi connectivity index (χ2v) is 5.43. The van der Waals surface area contributed by atoms with Crippen LogP contribution in [0.3, 0.4) is 0 Å². The van der Waals surface area contributed by atoms with Gasteiger partial charge in [-0.05, 0) is 37.1 Å². The highest BCUT2D eigenvalue weighted by atomic mass is 35.5. The minimum atomic E-state index is -0.354. The lowest BCUT2D eigenvalue weighted by Crippen LogP contribution is -2.40. The van der Waals surface area contributed by atoms with Crippen molar-refractivity contribution in [2.45, 2.75) is 25.7 Å². The molecule has 1 saturated carbocycles. The third kappa shape index (κ3) is 2.53. The van der Waals surface area contributed by atoms with E-state index in [2.05, 4.69) is 10.3 Å². The van der Waals surface area contributed by atoms with Crippen molar-refractivity contribution >= 4 is 34.9 Å². The van der Waals surface area contributed by atoms with Gasteiger partial charge in [-0.25, -0.2) is 0 Å². The summed E-state index contributed by atoms with van der Waals surface area (Å²) in [6.07, 6.45) is 5.90. The van der Waals surface area contributed by atoms with Crippen LogP contribution in [-0.2, 0) is 4.79 Å². The van der Waals surface area contributed by atoms with Crippen molar-refractivity contribution in [2.24, 2.45) is 11.1 Å². The quantitative estimate of drug-likeness (QED) is 0.814. The van der Waals surface area contributed by atoms with Gasteiger partial charge in [0.2, 0.25) is 5.91 Å². The van der Waals surface area contributed by atoms with Gasteiger partial charge in [0.1, 0.15) is 0 Å². The number of carbonyl (C=O) groups is 1. The predicted octanol–water partition coefficient (Wildman–Crippen LogP) is 3.05. The Morgan fingerprint density at radius 3 is 2.75 bits per heavy atom. The SMILES string of the molecule is Cl.NCC1(C(=O)Nc2ccc3[nH]ccc3c2)CCCC1. The number of amides is 1. The number of benzene rings is 1. The first-order valence-corrected chi connectivity index (χ1v) is 6.82. The summed E-state index contributed by atoms with van der Waals surface area (Å²) in [5, 5.41) is 4.13. The Morgan fingerprint density at radius 1 is 1.30 bits per heavy atom. The van der Waals surface area contributed by atoms with Crippen molar-refractivity contribution < 1.29 is 4.79 Å². The maximum atomic E-state index is 12.4. The summed E-state index contributed by atoms with van der Waals surface area (Å²) in [7, 11) is 0. The molecule has 4 nitrogen and oxygen atoms in total. The molecule has 0 spiro atoms. The molecule has 0 radical (unpaired) electrons. The number of fused-ring (bicyclic) bond motifs is 1. The molecule has 1 aromatic carbocycles. The Bertz CT molecular complexity index is 602. The molecule has 20 heavy (non-hydrogen) atoms. The van der Waals surface area contributed by atoms with E-state index in [0.717, 1.165) is 42.3 Å². The molecule has 1 fully saturated rings. The van der Waals surface area contributed by atoms with Gasteiger partial charge in [0, 0.05) is 29.3 Å². The van der Waals surface area contributed by atoms with Crippen molar-refractivity contribution in [3.63, 3.8) is 0 Å². The van der Waals surface area contributed by atoms with Crippen LogP contribution in [0.4, 0.5) is 5.69 Å². The summed E-state index contributed by atoms with van der Waals surface area (Å²) in [4.78, 5) is 15.6. The van der Waals surface area contributed by atoms with Crippen LogP contribution >= 0.6 is 12.4 Å². The zero-order valence-electron chi connectivity index (χ0n) is 11.3. The fraction of sp³-hybridized carbons (Fsp3) is 0.400. The summed E-state index contributed by atoms with van der Waals surface area (Å²) in [6.45, 7) is 0.436. The average Bonchev–Trinajstić information content (AvgIpc) is 3.07. The number of halogens is 1. The van der Waals surface area contributed by atoms with Crippen LogP contribution in [0.15, 0.2) is 30.5 Å². The van der Waals surface area contributed by atoms with E-state index < -0.39 is 0 Å². The summed E-state index contributed by atoms with van der Waals surface area (Å²) < 4.78 is 0. The van der Waals surface area contributed by atoms with Crippen LogP contribution in [0.2, 0.25) is 0 Å². The topological polar surface area (TPSA) is 70.9 Å². The number of anilines is 1. The standard InChI is InChI=1S/C15H19N3O.ClH/c16-10-15(6-1-2-7-15)14(19)18-12-3-4-13-11(9-12)5-8-17-13;/h3-5,8-9,17H,1-2,6-7,10,16H2,(H,18,19);1H. The highest BCUT2D eigenvalue weighted by molar-refractivity contribution is 5.97. The molecule has 0 aliphatic heterocycles. The molecule has 0 atom stereocenters. The fourth-order valence-electron chi connectivity index (χ4n) is 2.97. The molecule has 0 bridgehead atoms. The molecule has 1 amide bonds. The number of aromatic amines is 1. The predicted molar refractivity (Wildman–Crippen MR) is 84.1 cm³/mol. The Morgan fingerprint density at radius 2 is 2.05 bits per heavy atom. The lowest BCUT2D eigenvalue weighted by molar-refractivity contribution is -0.124. The molecular formula is C15H20ClN3O. The van der Waals surface area contributed by atoms with Crippen LogP contribution in [-0.4, -0.2) is 17.4 Å². The molecule has 0 unspecified atom stereocenters. The highest BCUT2D eigenvalue weighted by Crippen LogP contribution is 2.38. The van der Waals surface area contributed by atoms with Gasteiger partial charge < -0.3 is 16.0 Å². The monoisotopic (exact) mass is 293 g/mol. The van der Waals surface area contributed by atoms with Gasteiger partial charge in [-0.1, -0.05) is 12.8 Å². The largest absolute Gasteiger partial charge is 0.361 e. The smallest absolute Gasteiger partial charge is 0.231 e. The van der Waals surface area contributed by atoms with E-state index in [-0.39, 0.29) is 23.7 Å². The lowest BCUT2D eigenvalue weighted by atomic mass is 9.85. The zero-order valence-corrected chi connectivity index (χ0v) is 12.1. The molecule has 0 saturated heterocycles. The molecule has 1 aromatic heterocycles. The van der Waals surface area contributed by atoms with Crippen molar-refractivity contribution in [1.29, 1.82) is 0 Å². The van der Waals surface area contributed by atoms with E-state index in [0.29, 0.717) is 6.54 Å². The van der Waals surface area contributed by atoms with E-state index >= 15 is 0 Å². The van der Waals surface area contributed by atoms with Crippen LogP contribution in [0.1, 0.15) is 25.7 Å². The maximum absolute atomic E-state index is 12.4. The van der Waals surface area contributed by atoms with Crippen molar-refractivity contribution in [1.82, 2.24) is 4.98 Å². The summed E-state index contributed by atoms with van der Waals surface area (Å²) in [6, 6.07) is 7.90. The minimum Gasteiger partial charge on any atom is -0.361 e. The summed E-state index contributed by atoms with van der Waals surface area (Å²) in [5.74, 6) is 0.0717. The van der Waals surface area contributed by atoms with Crippen LogP contribution in [0, 0.1) is 5.41 Å². The number of nitrogens with one attached hydrogen (secondary N) is 2. The van der Waals surface area contributed by atoms with Gasteiger partial charge in [0.25, 0.3) is 0 Å². The molecule has 2 aromatic rings. The van der Waals surface area contributed by atoms with E-state index in [4.69, 9.17) is 5.73 Å². The molecular weight excluding hydrogens is 274 g/mol. The van der Waals surface area contributed by atoms with Crippen molar-refractivity contribution in [3.05, 3.63) is 30.5 Å². The van der Waals surface area contributed by atoms with Gasteiger partial charge in [0.05, 0.1) is 5.41 Å². The first kappa shape index (κ1) is 14.9. The Hall–Kier alpha value is -1.52. The molecule has 1 aliphatic carbocycles. The van der Waals surface area contributed by atoms with Gasteiger partial charge in [-0.3, -0.25) is 4.79 Å². The Balaban J connectivity index is 0.00000147. The normalized spacial score (nSPS) is 16.9. The van der Waals surface area contributed by atoms with Crippen LogP contribution < -0.4 is 11.1 Å². The van der Waals surface area contributed by atoms with Gasteiger partial charge in [-0.15, -0.1) is 12.4 Å². The summed E-state index contributed by atoms with van der Waals surface area (Å²) in [5.41, 5.74) is 7.40. The third-order valence-corrected chi connectivity index (χ3v) is 4.24. The third-order valence-electron chi connectivity index (χ3n) is 4.24. The molecule has 5 heteroatoms. The molecule has 1 aliphatic rings. The number of aromatic nitrogens is 1. The van der Waals surface area contributed by atoms with Gasteiger partial charge in [-0.2, -0.15) is 0 Å². The van der Waals surface area contributed by atoms with E-state index in [1.807, 2.05) is 30.5 Å². The van der Waals surface area contributed by atoms with Gasteiger partial charge >= 0.3 is 0 Å². The lowest BCUT2D eigenvalue weighted by Gasteiger charge is -2.25.